The minimum absolute atomic E-state index is 0.0892. The summed E-state index contributed by atoms with van der Waals surface area (Å²) in [6.07, 6.45) is 0.602. The second kappa shape index (κ2) is 7.53. The Labute approximate surface area is 134 Å². The van der Waals surface area contributed by atoms with Gasteiger partial charge in [-0.05, 0) is 24.1 Å². The first kappa shape index (κ1) is 16.7. The number of hydrogen-bond donors (Lipinski definition) is 2. The van der Waals surface area contributed by atoms with Gasteiger partial charge in [-0.2, -0.15) is 5.10 Å². The second-order valence-corrected chi connectivity index (χ2v) is 5.17. The Morgan fingerprint density at radius 1 is 1.30 bits per heavy atom. The summed E-state index contributed by atoms with van der Waals surface area (Å²) in [6.45, 7) is 3.04. The van der Waals surface area contributed by atoms with E-state index in [-0.39, 0.29) is 11.8 Å². The van der Waals surface area contributed by atoms with E-state index in [0.29, 0.717) is 24.9 Å². The molecule has 23 heavy (non-hydrogen) atoms. The summed E-state index contributed by atoms with van der Waals surface area (Å²) < 4.78 is 4.95. The minimum atomic E-state index is -0.801. The first-order valence-electron chi connectivity index (χ1n) is 7.43. The highest BCUT2D eigenvalue weighted by Crippen LogP contribution is 2.15. The van der Waals surface area contributed by atoms with Crippen LogP contribution in [0.5, 0.6) is 0 Å². The van der Waals surface area contributed by atoms with Crippen molar-refractivity contribution in [1.29, 1.82) is 0 Å². The number of rotatable bonds is 5. The Kier molecular flexibility index (Phi) is 5.46. The highest BCUT2D eigenvalue weighted by molar-refractivity contribution is 6.04. The number of nitrogens with zero attached hydrogens (tertiary/aromatic N) is 1. The van der Waals surface area contributed by atoms with Crippen LogP contribution in [-0.4, -0.2) is 29.6 Å². The van der Waals surface area contributed by atoms with E-state index in [0.717, 1.165) is 11.3 Å². The first-order valence-corrected chi connectivity index (χ1v) is 7.43. The van der Waals surface area contributed by atoms with Crippen molar-refractivity contribution in [2.75, 3.05) is 5.32 Å². The lowest BCUT2D eigenvalue weighted by Gasteiger charge is -2.15. The summed E-state index contributed by atoms with van der Waals surface area (Å²) in [4.78, 5) is 34.1. The predicted molar refractivity (Wildman–Crippen MR) is 84.8 cm³/mol. The Bertz CT molecular complexity index is 637. The van der Waals surface area contributed by atoms with Gasteiger partial charge in [0, 0.05) is 25.5 Å². The fourth-order valence-corrected chi connectivity index (χ4v) is 2.17. The summed E-state index contributed by atoms with van der Waals surface area (Å²) in [6, 6.07) is 7.12. The van der Waals surface area contributed by atoms with Crippen LogP contribution >= 0.6 is 0 Å². The maximum absolute atomic E-state index is 12.0. The molecule has 0 radical (unpaired) electrons. The van der Waals surface area contributed by atoms with E-state index in [4.69, 9.17) is 4.74 Å². The van der Waals surface area contributed by atoms with Crippen molar-refractivity contribution in [3.63, 3.8) is 0 Å². The Morgan fingerprint density at radius 3 is 2.52 bits per heavy atom. The van der Waals surface area contributed by atoms with Crippen molar-refractivity contribution in [1.82, 2.24) is 5.43 Å². The third kappa shape index (κ3) is 4.64. The number of ether oxygens (including phenoxy) is 1. The zero-order valence-electron chi connectivity index (χ0n) is 13.1. The number of benzene rings is 1. The number of nitrogens with one attached hydrogen (secondary N) is 2. The highest BCUT2D eigenvalue weighted by Gasteiger charge is 2.19. The monoisotopic (exact) mass is 317 g/mol. The van der Waals surface area contributed by atoms with Gasteiger partial charge in [0.15, 0.2) is 6.10 Å². The molecule has 0 saturated heterocycles. The molecule has 1 aromatic rings. The number of amides is 2. The molecular weight excluding hydrogens is 298 g/mol. The van der Waals surface area contributed by atoms with Gasteiger partial charge in [-0.1, -0.05) is 19.1 Å². The SMILES string of the molecule is CCC(OC(C)=O)C(=O)Nc1ccc(C2=NNC(=O)CC2)cc1. The first-order chi connectivity index (χ1) is 11.0. The maximum atomic E-state index is 12.0. The third-order valence-corrected chi connectivity index (χ3v) is 3.36. The van der Waals surface area contributed by atoms with Crippen LogP contribution in [0.25, 0.3) is 0 Å². The highest BCUT2D eigenvalue weighted by atomic mass is 16.5. The summed E-state index contributed by atoms with van der Waals surface area (Å²) >= 11 is 0. The van der Waals surface area contributed by atoms with E-state index in [1.54, 1.807) is 19.1 Å². The standard InChI is InChI=1S/C16H19N3O4/c1-3-14(23-10(2)20)16(22)17-12-6-4-11(5-7-12)13-8-9-15(21)19-18-13/h4-7,14H,3,8-9H2,1-2H3,(H,17,22)(H,19,21). The van der Waals surface area contributed by atoms with Gasteiger partial charge in [-0.3, -0.25) is 14.4 Å². The fraction of sp³-hybridized carbons (Fsp3) is 0.375. The van der Waals surface area contributed by atoms with Crippen molar-refractivity contribution in [3.8, 4) is 0 Å². The molecule has 1 aromatic carbocycles. The molecule has 0 fully saturated rings. The van der Waals surface area contributed by atoms with Crippen LogP contribution < -0.4 is 10.7 Å². The van der Waals surface area contributed by atoms with Gasteiger partial charge in [-0.25, -0.2) is 5.43 Å². The molecule has 1 atom stereocenters. The van der Waals surface area contributed by atoms with Crippen LogP contribution in [0, 0.1) is 0 Å². The smallest absolute Gasteiger partial charge is 0.303 e. The van der Waals surface area contributed by atoms with Crippen LogP contribution in [0.2, 0.25) is 0 Å². The van der Waals surface area contributed by atoms with Crippen molar-refractivity contribution < 1.29 is 19.1 Å². The molecule has 1 aliphatic rings. The maximum Gasteiger partial charge on any atom is 0.303 e. The number of hydrogen-bond acceptors (Lipinski definition) is 5. The van der Waals surface area contributed by atoms with E-state index in [1.165, 1.54) is 6.92 Å². The Morgan fingerprint density at radius 2 is 2.00 bits per heavy atom. The van der Waals surface area contributed by atoms with Gasteiger partial charge in [0.1, 0.15) is 0 Å². The van der Waals surface area contributed by atoms with Crippen molar-refractivity contribution >= 4 is 29.2 Å². The van der Waals surface area contributed by atoms with Gasteiger partial charge in [0.2, 0.25) is 5.91 Å². The molecule has 0 aliphatic carbocycles. The van der Waals surface area contributed by atoms with Gasteiger partial charge in [-0.15, -0.1) is 0 Å². The average Bonchev–Trinajstić information content (AvgIpc) is 2.54. The van der Waals surface area contributed by atoms with Gasteiger partial charge in [0.05, 0.1) is 5.71 Å². The molecule has 1 aliphatic heterocycles. The van der Waals surface area contributed by atoms with Crippen LogP contribution in [-0.2, 0) is 19.1 Å². The van der Waals surface area contributed by atoms with Crippen molar-refractivity contribution in [2.24, 2.45) is 5.10 Å². The lowest BCUT2D eigenvalue weighted by atomic mass is 10.0. The number of esters is 1. The molecule has 0 saturated carbocycles. The second-order valence-electron chi connectivity index (χ2n) is 5.17. The zero-order valence-corrected chi connectivity index (χ0v) is 13.1. The van der Waals surface area contributed by atoms with Crippen LogP contribution in [0.4, 0.5) is 5.69 Å². The number of carbonyl (C=O) groups excluding carboxylic acids is 3. The molecule has 7 nitrogen and oxygen atoms in total. The normalized spacial score (nSPS) is 15.2. The molecule has 1 heterocycles. The van der Waals surface area contributed by atoms with Gasteiger partial charge in [0.25, 0.3) is 5.91 Å². The quantitative estimate of drug-likeness (QED) is 0.806. The molecular formula is C16H19N3O4. The summed E-state index contributed by atoms with van der Waals surface area (Å²) in [7, 11) is 0. The fourth-order valence-electron chi connectivity index (χ4n) is 2.17. The third-order valence-electron chi connectivity index (χ3n) is 3.36. The largest absolute Gasteiger partial charge is 0.452 e. The number of hydrazone groups is 1. The van der Waals surface area contributed by atoms with Gasteiger partial charge >= 0.3 is 5.97 Å². The van der Waals surface area contributed by atoms with Crippen molar-refractivity contribution in [2.45, 2.75) is 39.2 Å². The molecule has 122 valence electrons. The molecule has 0 bridgehead atoms. The van der Waals surface area contributed by atoms with E-state index in [9.17, 15) is 14.4 Å². The van der Waals surface area contributed by atoms with Crippen LogP contribution in [0.15, 0.2) is 29.4 Å². The number of carbonyl (C=O) groups is 3. The van der Waals surface area contributed by atoms with E-state index >= 15 is 0 Å². The van der Waals surface area contributed by atoms with E-state index < -0.39 is 12.1 Å². The summed E-state index contributed by atoms with van der Waals surface area (Å²) in [5, 5.41) is 6.73. The Balaban J connectivity index is 2.01. The topological polar surface area (TPSA) is 96.9 Å². The van der Waals surface area contributed by atoms with E-state index in [2.05, 4.69) is 15.8 Å². The molecule has 0 aromatic heterocycles. The average molecular weight is 317 g/mol. The minimum Gasteiger partial charge on any atom is -0.452 e. The summed E-state index contributed by atoms with van der Waals surface area (Å²) in [5.74, 6) is -0.939. The molecule has 0 spiro atoms. The zero-order chi connectivity index (χ0) is 16.8. The van der Waals surface area contributed by atoms with E-state index in [1.807, 2.05) is 12.1 Å². The Hall–Kier alpha value is -2.70. The molecule has 2 rings (SSSR count). The molecule has 7 heteroatoms. The lowest BCUT2D eigenvalue weighted by Crippen LogP contribution is -2.31. The van der Waals surface area contributed by atoms with Crippen molar-refractivity contribution in [3.05, 3.63) is 29.8 Å². The molecule has 2 amide bonds. The molecule has 2 N–H and O–H groups in total. The lowest BCUT2D eigenvalue weighted by molar-refractivity contribution is -0.152. The van der Waals surface area contributed by atoms with Crippen LogP contribution in [0.3, 0.4) is 0 Å². The molecule has 1 unspecified atom stereocenters. The van der Waals surface area contributed by atoms with Gasteiger partial charge < -0.3 is 10.1 Å². The summed E-state index contributed by atoms with van der Waals surface area (Å²) in [5.41, 5.74) is 4.73. The number of anilines is 1. The van der Waals surface area contributed by atoms with Crippen LogP contribution in [0.1, 0.15) is 38.7 Å². The predicted octanol–water partition coefficient (Wildman–Crippen LogP) is 1.58.